The van der Waals surface area contributed by atoms with E-state index in [1.807, 2.05) is 13.8 Å². The van der Waals surface area contributed by atoms with E-state index in [2.05, 4.69) is 4.90 Å². The molecule has 0 radical (unpaired) electrons. The first-order chi connectivity index (χ1) is 7.24. The van der Waals surface area contributed by atoms with Crippen LogP contribution in [0.1, 0.15) is 39.5 Å². The van der Waals surface area contributed by atoms with Gasteiger partial charge in [0.25, 0.3) is 0 Å². The molecular formula is C12H23NO2. The van der Waals surface area contributed by atoms with Gasteiger partial charge in [-0.3, -0.25) is 9.69 Å². The van der Waals surface area contributed by atoms with Crippen LogP contribution in [0.5, 0.6) is 0 Å². The maximum Gasteiger partial charge on any atom is 0.308 e. The Labute approximate surface area is 92.8 Å². The molecule has 3 nitrogen and oxygen atoms in total. The summed E-state index contributed by atoms with van der Waals surface area (Å²) >= 11 is 0. The Balaban J connectivity index is 2.07. The molecule has 1 aliphatic heterocycles. The van der Waals surface area contributed by atoms with Crippen molar-refractivity contribution in [1.29, 1.82) is 0 Å². The highest BCUT2D eigenvalue weighted by Crippen LogP contribution is 2.08. The molecule has 15 heavy (non-hydrogen) atoms. The summed E-state index contributed by atoms with van der Waals surface area (Å²) in [5, 5.41) is 0. The van der Waals surface area contributed by atoms with Gasteiger partial charge < -0.3 is 4.74 Å². The van der Waals surface area contributed by atoms with Gasteiger partial charge in [-0.1, -0.05) is 20.3 Å². The van der Waals surface area contributed by atoms with Crippen LogP contribution in [-0.2, 0) is 9.53 Å². The predicted octanol–water partition coefficient (Wildman–Crippen LogP) is 2.06. The maximum absolute atomic E-state index is 11.4. The van der Waals surface area contributed by atoms with Gasteiger partial charge in [0.2, 0.25) is 0 Å². The molecule has 0 aromatic rings. The quantitative estimate of drug-likeness (QED) is 0.655. The minimum atomic E-state index is -0.0468. The first kappa shape index (κ1) is 12.5. The van der Waals surface area contributed by atoms with Gasteiger partial charge in [0.05, 0.1) is 5.92 Å². The van der Waals surface area contributed by atoms with E-state index in [0.29, 0.717) is 6.61 Å². The van der Waals surface area contributed by atoms with Crippen LogP contribution in [0.2, 0.25) is 0 Å². The van der Waals surface area contributed by atoms with E-state index >= 15 is 0 Å². The molecule has 1 unspecified atom stereocenters. The van der Waals surface area contributed by atoms with Crippen molar-refractivity contribution in [2.45, 2.75) is 39.5 Å². The Kier molecular flexibility index (Phi) is 5.69. The van der Waals surface area contributed by atoms with E-state index in [-0.39, 0.29) is 11.9 Å². The van der Waals surface area contributed by atoms with Crippen molar-refractivity contribution >= 4 is 5.97 Å². The first-order valence-electron chi connectivity index (χ1n) is 6.13. The highest BCUT2D eigenvalue weighted by Gasteiger charge is 2.13. The van der Waals surface area contributed by atoms with Crippen molar-refractivity contribution in [3.63, 3.8) is 0 Å². The number of carbonyl (C=O) groups excluding carboxylic acids is 1. The van der Waals surface area contributed by atoms with Crippen LogP contribution >= 0.6 is 0 Å². The van der Waals surface area contributed by atoms with Gasteiger partial charge in [0.1, 0.15) is 6.61 Å². The fourth-order valence-corrected chi connectivity index (χ4v) is 1.77. The summed E-state index contributed by atoms with van der Waals surface area (Å²) in [5.41, 5.74) is 0. The summed E-state index contributed by atoms with van der Waals surface area (Å²) in [5.74, 6) is 0.000801. The molecule has 1 aliphatic rings. The Morgan fingerprint density at radius 2 is 2.00 bits per heavy atom. The van der Waals surface area contributed by atoms with E-state index in [0.717, 1.165) is 13.0 Å². The van der Waals surface area contributed by atoms with Gasteiger partial charge in [-0.25, -0.2) is 0 Å². The summed E-state index contributed by atoms with van der Waals surface area (Å²) in [6, 6.07) is 0. The summed E-state index contributed by atoms with van der Waals surface area (Å²) in [7, 11) is 0. The number of likely N-dealkylation sites (tertiary alicyclic amines) is 1. The fourth-order valence-electron chi connectivity index (χ4n) is 1.77. The van der Waals surface area contributed by atoms with E-state index < -0.39 is 0 Å². The summed E-state index contributed by atoms with van der Waals surface area (Å²) in [4.78, 5) is 13.8. The number of carbonyl (C=O) groups is 1. The molecule has 1 fully saturated rings. The number of piperidine rings is 1. The highest BCUT2D eigenvalue weighted by atomic mass is 16.5. The first-order valence-corrected chi connectivity index (χ1v) is 6.13. The Morgan fingerprint density at radius 1 is 1.33 bits per heavy atom. The molecule has 88 valence electrons. The second kappa shape index (κ2) is 6.83. The van der Waals surface area contributed by atoms with Crippen LogP contribution in [0.15, 0.2) is 0 Å². The van der Waals surface area contributed by atoms with E-state index in [1.165, 1.54) is 32.4 Å². The minimum Gasteiger partial charge on any atom is -0.464 e. The van der Waals surface area contributed by atoms with Gasteiger partial charge in [0, 0.05) is 6.54 Å². The zero-order valence-corrected chi connectivity index (χ0v) is 10.00. The molecular weight excluding hydrogens is 190 g/mol. The third kappa shape index (κ3) is 4.65. The summed E-state index contributed by atoms with van der Waals surface area (Å²) < 4.78 is 5.22. The molecule has 0 aromatic carbocycles. The SMILES string of the molecule is CCC(C)C(=O)OCCN1CCCCC1. The fraction of sp³-hybridized carbons (Fsp3) is 0.917. The van der Waals surface area contributed by atoms with Gasteiger partial charge >= 0.3 is 5.97 Å². The average molecular weight is 213 g/mol. The molecule has 0 aliphatic carbocycles. The lowest BCUT2D eigenvalue weighted by molar-refractivity contribution is -0.148. The molecule has 0 amide bonds. The predicted molar refractivity (Wildman–Crippen MR) is 60.7 cm³/mol. The second-order valence-electron chi connectivity index (χ2n) is 4.38. The number of hydrogen-bond donors (Lipinski definition) is 0. The van der Waals surface area contributed by atoms with Crippen LogP contribution in [-0.4, -0.2) is 37.1 Å². The molecule has 1 atom stereocenters. The molecule has 3 heteroatoms. The van der Waals surface area contributed by atoms with E-state index in [4.69, 9.17) is 4.74 Å². The molecule has 0 N–H and O–H groups in total. The lowest BCUT2D eigenvalue weighted by atomic mass is 10.1. The van der Waals surface area contributed by atoms with Crippen molar-refractivity contribution in [1.82, 2.24) is 4.90 Å². The Bertz CT molecular complexity index is 188. The highest BCUT2D eigenvalue weighted by molar-refractivity contribution is 5.71. The normalized spacial score (nSPS) is 19.9. The minimum absolute atomic E-state index is 0.0468. The van der Waals surface area contributed by atoms with Crippen LogP contribution in [0.3, 0.4) is 0 Å². The zero-order valence-electron chi connectivity index (χ0n) is 10.00. The van der Waals surface area contributed by atoms with Crippen molar-refractivity contribution in [3.8, 4) is 0 Å². The topological polar surface area (TPSA) is 29.5 Å². The van der Waals surface area contributed by atoms with Crippen molar-refractivity contribution in [2.24, 2.45) is 5.92 Å². The summed E-state index contributed by atoms with van der Waals surface area (Å²) in [6.45, 7) is 7.73. The largest absolute Gasteiger partial charge is 0.464 e. The smallest absolute Gasteiger partial charge is 0.308 e. The third-order valence-corrected chi connectivity index (χ3v) is 3.12. The van der Waals surface area contributed by atoms with Crippen molar-refractivity contribution in [2.75, 3.05) is 26.2 Å². The third-order valence-electron chi connectivity index (χ3n) is 3.12. The van der Waals surface area contributed by atoms with Crippen LogP contribution in [0.25, 0.3) is 0 Å². The van der Waals surface area contributed by atoms with Crippen LogP contribution in [0, 0.1) is 5.92 Å². The number of esters is 1. The summed E-state index contributed by atoms with van der Waals surface area (Å²) in [6.07, 6.45) is 4.80. The van der Waals surface area contributed by atoms with Gasteiger partial charge in [0.15, 0.2) is 0 Å². The van der Waals surface area contributed by atoms with Crippen molar-refractivity contribution < 1.29 is 9.53 Å². The molecule has 0 aromatic heterocycles. The molecule has 0 spiro atoms. The van der Waals surface area contributed by atoms with Gasteiger partial charge in [-0.2, -0.15) is 0 Å². The number of hydrogen-bond acceptors (Lipinski definition) is 3. The lowest BCUT2D eigenvalue weighted by Gasteiger charge is -2.26. The lowest BCUT2D eigenvalue weighted by Crippen LogP contribution is -2.33. The molecule has 1 rings (SSSR count). The molecule has 1 heterocycles. The van der Waals surface area contributed by atoms with E-state index in [9.17, 15) is 4.79 Å². The zero-order chi connectivity index (χ0) is 11.1. The van der Waals surface area contributed by atoms with Crippen LogP contribution < -0.4 is 0 Å². The monoisotopic (exact) mass is 213 g/mol. The standard InChI is InChI=1S/C12H23NO2/c1-3-11(2)12(14)15-10-9-13-7-5-4-6-8-13/h11H,3-10H2,1-2H3. The number of rotatable bonds is 5. The Morgan fingerprint density at radius 3 is 2.60 bits per heavy atom. The second-order valence-corrected chi connectivity index (χ2v) is 4.38. The molecule has 0 saturated carbocycles. The molecule has 1 saturated heterocycles. The van der Waals surface area contributed by atoms with E-state index in [1.54, 1.807) is 0 Å². The number of nitrogens with zero attached hydrogens (tertiary/aromatic N) is 1. The Hall–Kier alpha value is -0.570. The van der Waals surface area contributed by atoms with Gasteiger partial charge in [-0.05, 0) is 32.4 Å². The average Bonchev–Trinajstić information content (AvgIpc) is 2.29. The van der Waals surface area contributed by atoms with Crippen LogP contribution in [0.4, 0.5) is 0 Å². The maximum atomic E-state index is 11.4. The van der Waals surface area contributed by atoms with Crippen molar-refractivity contribution in [3.05, 3.63) is 0 Å². The number of ether oxygens (including phenoxy) is 1. The van der Waals surface area contributed by atoms with Gasteiger partial charge in [-0.15, -0.1) is 0 Å². The molecule has 0 bridgehead atoms.